The van der Waals surface area contributed by atoms with Gasteiger partial charge in [0.1, 0.15) is 5.75 Å². The fourth-order valence-electron chi connectivity index (χ4n) is 3.22. The number of hydrogen-bond acceptors (Lipinski definition) is 6. The Morgan fingerprint density at radius 1 is 1.06 bits per heavy atom. The molecule has 33 heavy (non-hydrogen) atoms. The number of phenols is 1. The largest absolute Gasteiger partial charge is 0.505 e. The van der Waals surface area contributed by atoms with Gasteiger partial charge in [0.15, 0.2) is 17.3 Å². The summed E-state index contributed by atoms with van der Waals surface area (Å²) in [5, 5.41) is 28.8. The van der Waals surface area contributed by atoms with E-state index in [4.69, 9.17) is 0 Å². The Bertz CT molecular complexity index is 1350. The molecule has 4 rings (SSSR count). The number of carbonyl (C=O) groups excluding carboxylic acids is 1. The lowest BCUT2D eigenvalue weighted by Crippen LogP contribution is -2.28. The van der Waals surface area contributed by atoms with Crippen LogP contribution in [0.1, 0.15) is 17.3 Å². The summed E-state index contributed by atoms with van der Waals surface area (Å²) in [6.07, 6.45) is 0. The highest BCUT2D eigenvalue weighted by Gasteiger charge is 2.31. The van der Waals surface area contributed by atoms with Gasteiger partial charge in [0.25, 0.3) is 0 Å². The molecule has 1 heterocycles. The maximum Gasteiger partial charge on any atom is 0.335 e. The molecule has 10 heteroatoms. The summed E-state index contributed by atoms with van der Waals surface area (Å²) in [5.41, 5.74) is 3.84. The van der Waals surface area contributed by atoms with Crippen LogP contribution in [0.3, 0.4) is 0 Å². The van der Waals surface area contributed by atoms with Gasteiger partial charge in [0.2, 0.25) is 0 Å². The van der Waals surface area contributed by atoms with E-state index in [0.717, 1.165) is 17.1 Å². The second-order valence-corrected chi connectivity index (χ2v) is 7.06. The van der Waals surface area contributed by atoms with Crippen molar-refractivity contribution in [1.82, 2.24) is 0 Å². The van der Waals surface area contributed by atoms with Crippen LogP contribution < -0.4 is 10.4 Å². The zero-order valence-electron chi connectivity index (χ0n) is 17.1. The number of para-hydroxylation sites is 1. The summed E-state index contributed by atoms with van der Waals surface area (Å²) in [6.45, 7) is 1.52. The van der Waals surface area contributed by atoms with Crippen molar-refractivity contribution in [3.05, 3.63) is 77.9 Å². The fraction of sp³-hybridized carbons (Fsp3) is 0.0435. The van der Waals surface area contributed by atoms with E-state index in [9.17, 15) is 28.6 Å². The van der Waals surface area contributed by atoms with Crippen LogP contribution in [-0.4, -0.2) is 33.5 Å². The van der Waals surface area contributed by atoms with E-state index >= 15 is 0 Å². The number of benzene rings is 3. The molecule has 0 saturated carbocycles. The standard InChI is InChI=1S/C23H16F2N4O4/c1-12-20(22(31)29(28-12)15-8-9-17(24)18(25)11-15)27-26-19-7-3-6-16(21(19)30)13-4-2-5-14(10-13)23(32)33/h2-11,26,30H,1H3,(H,32,33)/b27-20-. The normalized spacial score (nSPS) is 14.5. The van der Waals surface area contributed by atoms with Crippen molar-refractivity contribution in [2.24, 2.45) is 10.2 Å². The van der Waals surface area contributed by atoms with E-state index in [1.54, 1.807) is 24.3 Å². The number of aromatic hydroxyl groups is 1. The Morgan fingerprint density at radius 3 is 2.55 bits per heavy atom. The zero-order chi connectivity index (χ0) is 23.7. The van der Waals surface area contributed by atoms with E-state index < -0.39 is 23.5 Å². The maximum atomic E-state index is 13.6. The van der Waals surface area contributed by atoms with Crippen molar-refractivity contribution in [2.45, 2.75) is 6.92 Å². The van der Waals surface area contributed by atoms with Crippen LogP contribution in [-0.2, 0) is 4.79 Å². The van der Waals surface area contributed by atoms with Gasteiger partial charge in [-0.05, 0) is 42.8 Å². The van der Waals surface area contributed by atoms with Crippen molar-refractivity contribution < 1.29 is 28.6 Å². The molecule has 0 bridgehead atoms. The van der Waals surface area contributed by atoms with Gasteiger partial charge in [-0.15, -0.1) is 0 Å². The number of carboxylic acid groups (broad SMARTS) is 1. The number of carboxylic acids is 1. The van der Waals surface area contributed by atoms with Crippen LogP contribution in [0.15, 0.2) is 70.9 Å². The Balaban J connectivity index is 1.61. The molecule has 1 aliphatic heterocycles. The Hall–Kier alpha value is -4.60. The van der Waals surface area contributed by atoms with E-state index in [0.29, 0.717) is 11.1 Å². The van der Waals surface area contributed by atoms with Crippen LogP contribution in [0.2, 0.25) is 0 Å². The van der Waals surface area contributed by atoms with Crippen molar-refractivity contribution in [3.8, 4) is 16.9 Å². The van der Waals surface area contributed by atoms with Gasteiger partial charge in [-0.2, -0.15) is 15.2 Å². The van der Waals surface area contributed by atoms with Gasteiger partial charge >= 0.3 is 11.9 Å². The van der Waals surface area contributed by atoms with Crippen molar-refractivity contribution in [2.75, 3.05) is 10.4 Å². The molecule has 0 fully saturated rings. The minimum atomic E-state index is -1.12. The van der Waals surface area contributed by atoms with E-state index in [2.05, 4.69) is 15.6 Å². The predicted octanol–water partition coefficient (Wildman–Crippen LogP) is 4.23. The molecule has 0 atom stereocenters. The number of amides is 1. The fourth-order valence-corrected chi connectivity index (χ4v) is 3.22. The van der Waals surface area contributed by atoms with Crippen LogP contribution in [0.25, 0.3) is 11.1 Å². The molecule has 166 valence electrons. The highest BCUT2D eigenvalue weighted by Crippen LogP contribution is 2.36. The molecule has 3 aromatic carbocycles. The average Bonchev–Trinajstić information content (AvgIpc) is 3.08. The second-order valence-electron chi connectivity index (χ2n) is 7.06. The third-order valence-corrected chi connectivity index (χ3v) is 4.88. The molecule has 1 aliphatic rings. The summed E-state index contributed by atoms with van der Waals surface area (Å²) in [7, 11) is 0. The SMILES string of the molecule is CC1=NN(c2ccc(F)c(F)c2)C(=O)/C1=N\Nc1cccc(-c2cccc(C(=O)O)c2)c1O. The van der Waals surface area contributed by atoms with Gasteiger partial charge in [0.05, 0.1) is 22.6 Å². The first kappa shape index (κ1) is 21.6. The molecule has 1 amide bonds. The highest BCUT2D eigenvalue weighted by atomic mass is 19.2. The number of carbonyl (C=O) groups is 2. The molecule has 0 spiro atoms. The van der Waals surface area contributed by atoms with Crippen molar-refractivity contribution in [1.29, 1.82) is 0 Å². The lowest BCUT2D eigenvalue weighted by atomic mass is 10.0. The second kappa shape index (κ2) is 8.50. The van der Waals surface area contributed by atoms with Gasteiger partial charge < -0.3 is 10.2 Å². The molecule has 8 nitrogen and oxygen atoms in total. The first-order valence-electron chi connectivity index (χ1n) is 9.60. The first-order chi connectivity index (χ1) is 15.8. The quantitative estimate of drug-likeness (QED) is 0.398. The van der Waals surface area contributed by atoms with Crippen molar-refractivity contribution >= 4 is 34.7 Å². The first-order valence-corrected chi connectivity index (χ1v) is 9.60. The van der Waals surface area contributed by atoms with Crippen LogP contribution >= 0.6 is 0 Å². The smallest absolute Gasteiger partial charge is 0.335 e. The minimum absolute atomic E-state index is 0.0339. The number of halogens is 2. The summed E-state index contributed by atoms with van der Waals surface area (Å²) in [4.78, 5) is 23.9. The summed E-state index contributed by atoms with van der Waals surface area (Å²) in [5.74, 6) is -4.15. The van der Waals surface area contributed by atoms with Gasteiger partial charge in [-0.25, -0.2) is 13.6 Å². The van der Waals surface area contributed by atoms with E-state index in [-0.39, 0.29) is 34.1 Å². The highest BCUT2D eigenvalue weighted by molar-refractivity contribution is 6.71. The lowest BCUT2D eigenvalue weighted by Gasteiger charge is -2.12. The lowest BCUT2D eigenvalue weighted by molar-refractivity contribution is -0.112. The maximum absolute atomic E-state index is 13.6. The molecular formula is C23H16F2N4O4. The molecule has 0 radical (unpaired) electrons. The van der Waals surface area contributed by atoms with Crippen LogP contribution in [0, 0.1) is 11.6 Å². The third kappa shape index (κ3) is 4.13. The Morgan fingerprint density at radius 2 is 1.82 bits per heavy atom. The molecule has 0 saturated heterocycles. The number of hydrogen-bond donors (Lipinski definition) is 3. The Kier molecular flexibility index (Phi) is 5.57. The molecule has 0 unspecified atom stereocenters. The molecular weight excluding hydrogens is 434 g/mol. The molecule has 0 aliphatic carbocycles. The number of aromatic carboxylic acids is 1. The minimum Gasteiger partial charge on any atom is -0.505 e. The number of rotatable bonds is 5. The van der Waals surface area contributed by atoms with E-state index in [1.807, 2.05) is 0 Å². The summed E-state index contributed by atoms with van der Waals surface area (Å²) < 4.78 is 26.7. The third-order valence-electron chi connectivity index (χ3n) is 4.88. The van der Waals surface area contributed by atoms with Crippen LogP contribution in [0.5, 0.6) is 5.75 Å². The van der Waals surface area contributed by atoms with Crippen molar-refractivity contribution in [3.63, 3.8) is 0 Å². The summed E-state index contributed by atoms with van der Waals surface area (Å²) in [6, 6.07) is 13.8. The topological polar surface area (TPSA) is 115 Å². The Labute approximate surface area is 186 Å². The average molecular weight is 450 g/mol. The molecule has 0 aromatic heterocycles. The predicted molar refractivity (Wildman–Crippen MR) is 119 cm³/mol. The number of hydrazone groups is 2. The molecule has 3 aromatic rings. The number of phenolic OH excluding ortho intramolecular Hbond substituents is 1. The van der Waals surface area contributed by atoms with E-state index in [1.165, 1.54) is 31.2 Å². The molecule has 3 N–H and O–H groups in total. The van der Waals surface area contributed by atoms with Gasteiger partial charge in [-0.1, -0.05) is 24.3 Å². The number of anilines is 2. The number of nitrogens with one attached hydrogen (secondary N) is 1. The number of nitrogens with zero attached hydrogens (tertiary/aromatic N) is 3. The summed E-state index contributed by atoms with van der Waals surface area (Å²) >= 11 is 0. The van der Waals surface area contributed by atoms with Gasteiger partial charge in [0, 0.05) is 11.6 Å². The zero-order valence-corrected chi connectivity index (χ0v) is 17.1. The van der Waals surface area contributed by atoms with Crippen LogP contribution in [0.4, 0.5) is 20.2 Å². The van der Waals surface area contributed by atoms with Gasteiger partial charge in [-0.3, -0.25) is 10.2 Å². The monoisotopic (exact) mass is 450 g/mol.